The van der Waals surface area contributed by atoms with Gasteiger partial charge in [0.25, 0.3) is 6.71 Å². The van der Waals surface area contributed by atoms with Gasteiger partial charge in [-0.15, -0.1) is 11.3 Å². The van der Waals surface area contributed by atoms with E-state index in [0.717, 1.165) is 42.9 Å². The number of anilines is 3. The van der Waals surface area contributed by atoms with E-state index in [4.69, 9.17) is 8.83 Å². The van der Waals surface area contributed by atoms with Crippen LogP contribution in [-0.2, 0) is 21.7 Å². The van der Waals surface area contributed by atoms with E-state index in [1.807, 2.05) is 11.3 Å². The quantitative estimate of drug-likeness (QED) is 0.167. The van der Waals surface area contributed by atoms with E-state index < -0.39 is 0 Å². The summed E-state index contributed by atoms with van der Waals surface area (Å²) >= 11 is 1.88. The Kier molecular flexibility index (Phi) is 6.15. The first-order valence-electron chi connectivity index (χ1n) is 19.5. The SMILES string of the molecule is CC1(C)CCC(C)(C)c2c(N3c4cc(-c5ccc6sc7ccccc7c6c5)cc5c4B(c4ccccc4-5)c4oc5c(c43)C(C)(C)CCC5(C)C)coc21. The molecule has 264 valence electrons. The van der Waals surface area contributed by atoms with Crippen molar-refractivity contribution in [1.29, 1.82) is 0 Å². The Balaban J connectivity index is 1.26. The minimum absolute atomic E-state index is 0.0316. The van der Waals surface area contributed by atoms with Gasteiger partial charge in [-0.1, -0.05) is 109 Å². The topological polar surface area (TPSA) is 29.5 Å². The number of benzene rings is 4. The number of hydrogen-bond donors (Lipinski definition) is 0. The summed E-state index contributed by atoms with van der Waals surface area (Å²) in [5.41, 5.74) is 15.1. The molecule has 0 fully saturated rings. The fourth-order valence-corrected chi connectivity index (χ4v) is 11.7. The van der Waals surface area contributed by atoms with Gasteiger partial charge in [0.1, 0.15) is 17.8 Å². The number of hydrogen-bond acceptors (Lipinski definition) is 4. The largest absolute Gasteiger partial charge is 0.472 e. The van der Waals surface area contributed by atoms with Gasteiger partial charge in [0.15, 0.2) is 0 Å². The molecule has 0 unspecified atom stereocenters. The lowest BCUT2D eigenvalue weighted by Gasteiger charge is -2.43. The van der Waals surface area contributed by atoms with Crippen molar-refractivity contribution in [3.8, 4) is 22.3 Å². The summed E-state index contributed by atoms with van der Waals surface area (Å²) in [6, 6.07) is 30.0. The van der Waals surface area contributed by atoms with E-state index in [2.05, 4.69) is 145 Å². The highest BCUT2D eigenvalue weighted by molar-refractivity contribution is 7.25. The molecule has 0 saturated carbocycles. The van der Waals surface area contributed by atoms with Crippen LogP contribution >= 0.6 is 11.3 Å². The average molecular weight is 712 g/mol. The molecule has 53 heavy (non-hydrogen) atoms. The van der Waals surface area contributed by atoms with Gasteiger partial charge in [0, 0.05) is 47.8 Å². The van der Waals surface area contributed by atoms with Crippen LogP contribution in [0.4, 0.5) is 17.1 Å². The average Bonchev–Trinajstić information content (AvgIpc) is 3.91. The van der Waals surface area contributed by atoms with E-state index >= 15 is 0 Å². The molecular formula is C48H46BNO2S. The van der Waals surface area contributed by atoms with Crippen LogP contribution in [0.25, 0.3) is 42.4 Å². The van der Waals surface area contributed by atoms with Gasteiger partial charge < -0.3 is 13.7 Å². The zero-order valence-corrected chi connectivity index (χ0v) is 33.0. The van der Waals surface area contributed by atoms with E-state index in [0.29, 0.717) is 0 Å². The summed E-state index contributed by atoms with van der Waals surface area (Å²) in [4.78, 5) is 2.62. The molecule has 4 aliphatic rings. The summed E-state index contributed by atoms with van der Waals surface area (Å²) in [6.45, 7) is 19.2. The summed E-state index contributed by atoms with van der Waals surface area (Å²) < 4.78 is 16.9. The maximum absolute atomic E-state index is 7.42. The van der Waals surface area contributed by atoms with Crippen molar-refractivity contribution in [3.05, 3.63) is 108 Å². The van der Waals surface area contributed by atoms with Crippen LogP contribution in [0.15, 0.2) is 94.0 Å². The molecule has 3 nitrogen and oxygen atoms in total. The first kappa shape index (κ1) is 32.0. The third-order valence-electron chi connectivity index (χ3n) is 13.7. The minimum Gasteiger partial charge on any atom is -0.472 e. The molecule has 0 atom stereocenters. The Morgan fingerprint density at radius 3 is 2.09 bits per heavy atom. The van der Waals surface area contributed by atoms with Gasteiger partial charge in [-0.05, 0) is 94.6 Å². The summed E-state index contributed by atoms with van der Waals surface area (Å²) in [6.07, 6.45) is 6.53. The third-order valence-corrected chi connectivity index (χ3v) is 14.9. The Labute approximate surface area is 317 Å². The van der Waals surface area contributed by atoms with E-state index in [1.165, 1.54) is 81.5 Å². The van der Waals surface area contributed by atoms with Gasteiger partial charge in [-0.2, -0.15) is 0 Å². The van der Waals surface area contributed by atoms with Crippen LogP contribution in [-0.4, -0.2) is 6.71 Å². The van der Waals surface area contributed by atoms with Gasteiger partial charge in [0.05, 0.1) is 17.0 Å². The molecule has 11 rings (SSSR count). The highest BCUT2D eigenvalue weighted by atomic mass is 32.1. The fourth-order valence-electron chi connectivity index (χ4n) is 10.6. The van der Waals surface area contributed by atoms with Crippen molar-refractivity contribution in [2.45, 2.75) is 103 Å². The van der Waals surface area contributed by atoms with Crippen LogP contribution in [0.1, 0.15) is 104 Å². The monoisotopic (exact) mass is 711 g/mol. The molecule has 0 spiro atoms. The predicted octanol–water partition coefficient (Wildman–Crippen LogP) is 11.9. The number of thiophene rings is 1. The molecule has 5 heteroatoms. The highest BCUT2D eigenvalue weighted by Gasteiger charge is 2.53. The van der Waals surface area contributed by atoms with Crippen LogP contribution in [0.5, 0.6) is 0 Å². The van der Waals surface area contributed by atoms with Gasteiger partial charge in [0.2, 0.25) is 0 Å². The molecule has 5 heterocycles. The number of nitrogens with zero attached hydrogens (tertiary/aromatic N) is 1. The van der Waals surface area contributed by atoms with Crippen LogP contribution in [0.2, 0.25) is 0 Å². The molecular weight excluding hydrogens is 665 g/mol. The Morgan fingerprint density at radius 1 is 0.604 bits per heavy atom. The van der Waals surface area contributed by atoms with Crippen LogP contribution in [0, 0.1) is 0 Å². The number of fused-ring (bicyclic) bond motifs is 11. The van der Waals surface area contributed by atoms with Gasteiger partial charge in [-0.25, -0.2) is 0 Å². The summed E-state index contributed by atoms with van der Waals surface area (Å²) in [5, 5.41) is 2.66. The molecule has 0 saturated heterocycles. The first-order valence-corrected chi connectivity index (χ1v) is 20.4. The second kappa shape index (κ2) is 10.2. The van der Waals surface area contributed by atoms with E-state index in [9.17, 15) is 0 Å². The van der Waals surface area contributed by atoms with Crippen LogP contribution in [0.3, 0.4) is 0 Å². The minimum atomic E-state index is -0.0675. The van der Waals surface area contributed by atoms with Gasteiger partial charge >= 0.3 is 0 Å². The second-order valence-corrected chi connectivity index (χ2v) is 20.1. The van der Waals surface area contributed by atoms with Gasteiger partial charge in [-0.3, -0.25) is 0 Å². The van der Waals surface area contributed by atoms with Crippen molar-refractivity contribution in [2.75, 3.05) is 4.90 Å². The number of furan rings is 2. The second-order valence-electron chi connectivity index (χ2n) is 19.0. The molecule has 0 N–H and O–H groups in total. The highest BCUT2D eigenvalue weighted by Crippen LogP contribution is 2.58. The third kappa shape index (κ3) is 4.18. The number of rotatable bonds is 2. The zero-order chi connectivity index (χ0) is 36.4. The lowest BCUT2D eigenvalue weighted by molar-refractivity contribution is 0.278. The molecule has 0 radical (unpaired) electrons. The van der Waals surface area contributed by atoms with Crippen molar-refractivity contribution in [2.24, 2.45) is 0 Å². The molecule has 4 aromatic carbocycles. The van der Waals surface area contributed by atoms with Crippen molar-refractivity contribution < 1.29 is 8.83 Å². The lowest BCUT2D eigenvalue weighted by Crippen LogP contribution is -2.54. The standard InChI is InChI=1S/C48H46BNO2S/c1-45(2)19-21-47(5,6)42-38(45)35(26-51-42)50-34-25-28(27-17-18-37-31(23-27)30-14-10-12-16-36(30)53-37)24-32-29-13-9-11-15-33(29)49(40(32)34)44-41(50)39-43(52-44)48(7,8)22-20-46(39,3)4/h9-18,23-26H,19-22H2,1-8H3. The predicted molar refractivity (Wildman–Crippen MR) is 225 cm³/mol. The molecule has 0 bridgehead atoms. The molecule has 3 aromatic heterocycles. The maximum Gasteiger partial charge on any atom is 0.293 e. The smallest absolute Gasteiger partial charge is 0.293 e. The fraction of sp³-hybridized carbons (Fsp3) is 0.333. The lowest BCUT2D eigenvalue weighted by atomic mass is 9.39. The van der Waals surface area contributed by atoms with E-state index in [-0.39, 0.29) is 28.4 Å². The Morgan fingerprint density at radius 2 is 1.28 bits per heavy atom. The van der Waals surface area contributed by atoms with Crippen molar-refractivity contribution in [1.82, 2.24) is 0 Å². The van der Waals surface area contributed by atoms with Crippen molar-refractivity contribution >= 4 is 71.9 Å². The molecule has 0 amide bonds. The normalized spacial score (nSPS) is 19.5. The van der Waals surface area contributed by atoms with Crippen LogP contribution < -0.4 is 21.5 Å². The summed E-state index contributed by atoms with van der Waals surface area (Å²) in [7, 11) is 0. The van der Waals surface area contributed by atoms with Crippen molar-refractivity contribution in [3.63, 3.8) is 0 Å². The molecule has 2 aliphatic heterocycles. The van der Waals surface area contributed by atoms with E-state index in [1.54, 1.807) is 0 Å². The molecule has 7 aromatic rings. The first-order chi connectivity index (χ1) is 25.3. The Hall–Kier alpha value is -4.48. The Bertz CT molecular complexity index is 2720. The zero-order valence-electron chi connectivity index (χ0n) is 32.2. The summed E-state index contributed by atoms with van der Waals surface area (Å²) in [5.74, 6) is 2.30. The molecule has 2 aliphatic carbocycles. The maximum atomic E-state index is 7.42.